The van der Waals surface area contributed by atoms with Crippen molar-refractivity contribution in [2.24, 2.45) is 0 Å². The minimum atomic E-state index is -1.62. The molecule has 2 rings (SSSR count). The van der Waals surface area contributed by atoms with Gasteiger partial charge in [-0.3, -0.25) is 9.52 Å². The van der Waals surface area contributed by atoms with Crippen molar-refractivity contribution in [3.05, 3.63) is 48.6 Å². The number of rotatable bonds is 10. The molecular weight excluding hydrogens is 392 g/mol. The van der Waals surface area contributed by atoms with Crippen molar-refractivity contribution in [2.75, 3.05) is 6.61 Å². The number of hydrogen-bond acceptors (Lipinski definition) is 5. The molecule has 2 atom stereocenters. The SMILES string of the molecule is C=CCC(NC(=O)OC(C)(C)C)C(=O)NS(=O)C1(COCc2ccccc2)CC1. The van der Waals surface area contributed by atoms with Gasteiger partial charge in [-0.25, -0.2) is 9.00 Å². The van der Waals surface area contributed by atoms with E-state index in [1.165, 1.54) is 6.08 Å². The Morgan fingerprint density at radius 3 is 2.48 bits per heavy atom. The number of ether oxygens (including phenoxy) is 2. The summed E-state index contributed by atoms with van der Waals surface area (Å²) in [7, 11) is -1.62. The van der Waals surface area contributed by atoms with E-state index in [9.17, 15) is 13.8 Å². The van der Waals surface area contributed by atoms with Crippen LogP contribution in [0.25, 0.3) is 0 Å². The van der Waals surface area contributed by atoms with Crippen LogP contribution in [0.2, 0.25) is 0 Å². The highest BCUT2D eigenvalue weighted by atomic mass is 32.2. The highest BCUT2D eigenvalue weighted by molar-refractivity contribution is 7.85. The molecule has 1 aliphatic rings. The second-order valence-corrected chi connectivity index (χ2v) is 9.73. The van der Waals surface area contributed by atoms with Gasteiger partial charge in [-0.15, -0.1) is 6.58 Å². The molecule has 29 heavy (non-hydrogen) atoms. The van der Waals surface area contributed by atoms with E-state index >= 15 is 0 Å². The van der Waals surface area contributed by atoms with Crippen LogP contribution in [0.1, 0.15) is 45.6 Å². The first-order valence-corrected chi connectivity index (χ1v) is 10.7. The predicted molar refractivity (Wildman–Crippen MR) is 112 cm³/mol. The van der Waals surface area contributed by atoms with Crippen LogP contribution in [-0.4, -0.2) is 39.2 Å². The quantitative estimate of drug-likeness (QED) is 0.566. The van der Waals surface area contributed by atoms with E-state index in [2.05, 4.69) is 16.6 Å². The number of hydrogen-bond donors (Lipinski definition) is 2. The van der Waals surface area contributed by atoms with Crippen LogP contribution < -0.4 is 10.0 Å². The first-order valence-electron chi connectivity index (χ1n) is 9.60. The zero-order valence-electron chi connectivity index (χ0n) is 17.2. The zero-order valence-corrected chi connectivity index (χ0v) is 18.1. The van der Waals surface area contributed by atoms with E-state index in [0.29, 0.717) is 26.1 Å². The molecule has 1 aliphatic carbocycles. The summed E-state index contributed by atoms with van der Waals surface area (Å²) in [5, 5.41) is 2.51. The third kappa shape index (κ3) is 7.62. The fourth-order valence-corrected chi connectivity index (χ4v) is 3.78. The van der Waals surface area contributed by atoms with E-state index in [1.807, 2.05) is 30.3 Å². The van der Waals surface area contributed by atoms with Gasteiger partial charge in [0.25, 0.3) is 5.91 Å². The Kier molecular flexibility index (Phi) is 7.98. The van der Waals surface area contributed by atoms with E-state index in [1.54, 1.807) is 20.8 Å². The Hall–Kier alpha value is -2.19. The summed E-state index contributed by atoms with van der Waals surface area (Å²) in [6.45, 7) is 9.52. The number of carbonyl (C=O) groups excluding carboxylic acids is 2. The van der Waals surface area contributed by atoms with Gasteiger partial charge in [-0.05, 0) is 45.6 Å². The Bertz CT molecular complexity index is 741. The number of nitrogens with one attached hydrogen (secondary N) is 2. The van der Waals surface area contributed by atoms with Gasteiger partial charge in [0.2, 0.25) is 0 Å². The number of alkyl carbamates (subject to hydrolysis) is 1. The van der Waals surface area contributed by atoms with Crippen molar-refractivity contribution in [1.29, 1.82) is 0 Å². The third-order valence-electron chi connectivity index (χ3n) is 4.28. The number of carbonyl (C=O) groups is 2. The minimum Gasteiger partial charge on any atom is -0.444 e. The second kappa shape index (κ2) is 10.0. The van der Waals surface area contributed by atoms with Crippen molar-refractivity contribution in [1.82, 2.24) is 10.0 Å². The van der Waals surface area contributed by atoms with Gasteiger partial charge in [-0.1, -0.05) is 36.4 Å². The fraction of sp³-hybridized carbons (Fsp3) is 0.524. The van der Waals surface area contributed by atoms with Gasteiger partial charge in [-0.2, -0.15) is 0 Å². The van der Waals surface area contributed by atoms with Crippen LogP contribution in [0.3, 0.4) is 0 Å². The van der Waals surface area contributed by atoms with Crippen molar-refractivity contribution in [3.63, 3.8) is 0 Å². The van der Waals surface area contributed by atoms with Crippen molar-refractivity contribution in [3.8, 4) is 0 Å². The summed E-state index contributed by atoms with van der Waals surface area (Å²) >= 11 is 0. The van der Waals surface area contributed by atoms with Crippen LogP contribution in [0, 0.1) is 0 Å². The Labute approximate surface area is 174 Å². The number of amides is 2. The topological polar surface area (TPSA) is 93.7 Å². The molecule has 2 N–H and O–H groups in total. The summed E-state index contributed by atoms with van der Waals surface area (Å²) in [5.41, 5.74) is 0.349. The molecule has 0 aromatic heterocycles. The lowest BCUT2D eigenvalue weighted by molar-refractivity contribution is -0.121. The Balaban J connectivity index is 1.86. The average Bonchev–Trinajstić information content (AvgIpc) is 3.42. The molecule has 0 aliphatic heterocycles. The molecule has 160 valence electrons. The monoisotopic (exact) mass is 422 g/mol. The molecule has 0 radical (unpaired) electrons. The van der Waals surface area contributed by atoms with E-state index in [-0.39, 0.29) is 6.42 Å². The van der Waals surface area contributed by atoms with Gasteiger partial charge in [0.05, 0.1) is 18.0 Å². The van der Waals surface area contributed by atoms with E-state index < -0.39 is 39.4 Å². The molecule has 8 heteroatoms. The van der Waals surface area contributed by atoms with Crippen molar-refractivity contribution >= 4 is 23.0 Å². The van der Waals surface area contributed by atoms with Crippen LogP contribution in [0.15, 0.2) is 43.0 Å². The molecule has 2 unspecified atom stereocenters. The molecule has 0 saturated heterocycles. The molecule has 0 spiro atoms. The average molecular weight is 423 g/mol. The molecule has 1 saturated carbocycles. The summed E-state index contributed by atoms with van der Waals surface area (Å²) in [6.07, 6.45) is 2.42. The normalized spacial score (nSPS) is 16.9. The minimum absolute atomic E-state index is 0.194. The molecule has 1 aromatic rings. The maximum atomic E-state index is 12.7. The smallest absolute Gasteiger partial charge is 0.408 e. The van der Waals surface area contributed by atoms with Crippen molar-refractivity contribution in [2.45, 2.75) is 63.0 Å². The molecule has 1 aromatic carbocycles. The summed E-state index contributed by atoms with van der Waals surface area (Å²) < 4.78 is 25.6. The van der Waals surface area contributed by atoms with Crippen LogP contribution in [0.5, 0.6) is 0 Å². The molecule has 0 bridgehead atoms. The molecule has 0 heterocycles. The van der Waals surface area contributed by atoms with Gasteiger partial charge in [0, 0.05) is 0 Å². The summed E-state index contributed by atoms with van der Waals surface area (Å²) in [4.78, 5) is 24.5. The standard InChI is InChI=1S/C21H30N2O5S/c1-5-9-17(22-19(25)28-20(2,3)4)18(24)23-29(26)21(12-13-21)15-27-14-16-10-7-6-8-11-16/h5-8,10-11,17H,1,9,12-15H2,2-4H3,(H,22,25)(H,23,24). The predicted octanol–water partition coefficient (Wildman–Crippen LogP) is 2.99. The van der Waals surface area contributed by atoms with Gasteiger partial charge in [0.1, 0.15) is 22.6 Å². The van der Waals surface area contributed by atoms with E-state index in [0.717, 1.165) is 5.56 Å². The number of benzene rings is 1. The van der Waals surface area contributed by atoms with Gasteiger partial charge >= 0.3 is 6.09 Å². The Morgan fingerprint density at radius 2 is 1.93 bits per heavy atom. The van der Waals surface area contributed by atoms with Crippen LogP contribution >= 0.6 is 0 Å². The lowest BCUT2D eigenvalue weighted by Gasteiger charge is -2.23. The highest BCUT2D eigenvalue weighted by Crippen LogP contribution is 2.41. The maximum absolute atomic E-state index is 12.7. The van der Waals surface area contributed by atoms with E-state index in [4.69, 9.17) is 9.47 Å². The molecule has 2 amide bonds. The fourth-order valence-electron chi connectivity index (χ4n) is 2.57. The lowest BCUT2D eigenvalue weighted by Crippen LogP contribution is -2.50. The lowest BCUT2D eigenvalue weighted by atomic mass is 10.2. The van der Waals surface area contributed by atoms with Gasteiger partial charge in [0.15, 0.2) is 0 Å². The first kappa shape index (κ1) is 23.1. The van der Waals surface area contributed by atoms with Crippen LogP contribution in [0.4, 0.5) is 4.79 Å². The van der Waals surface area contributed by atoms with Crippen LogP contribution in [-0.2, 0) is 31.9 Å². The summed E-state index contributed by atoms with van der Waals surface area (Å²) in [5.74, 6) is -0.538. The Morgan fingerprint density at radius 1 is 1.28 bits per heavy atom. The first-order chi connectivity index (χ1) is 13.6. The third-order valence-corrected chi connectivity index (χ3v) is 5.98. The van der Waals surface area contributed by atoms with Crippen molar-refractivity contribution < 1.29 is 23.3 Å². The molecule has 7 nitrogen and oxygen atoms in total. The van der Waals surface area contributed by atoms with Gasteiger partial charge < -0.3 is 14.8 Å². The zero-order chi connectivity index (χ0) is 21.5. The molecular formula is C21H30N2O5S. The highest BCUT2D eigenvalue weighted by Gasteiger charge is 2.50. The molecule has 1 fully saturated rings. The maximum Gasteiger partial charge on any atom is 0.408 e. The summed E-state index contributed by atoms with van der Waals surface area (Å²) in [6, 6.07) is 8.80. The second-order valence-electron chi connectivity index (χ2n) is 8.12. The largest absolute Gasteiger partial charge is 0.444 e.